The molecule has 158 valence electrons. The van der Waals surface area contributed by atoms with Gasteiger partial charge in [0, 0.05) is 12.3 Å². The third kappa shape index (κ3) is 9.75. The molecule has 4 nitrogen and oxygen atoms in total. The maximum Gasteiger partial charge on any atom is 0.303 e. The van der Waals surface area contributed by atoms with E-state index in [-0.39, 0.29) is 12.3 Å². The summed E-state index contributed by atoms with van der Waals surface area (Å²) in [5, 5.41) is 29.2. The van der Waals surface area contributed by atoms with Gasteiger partial charge in [0.1, 0.15) is 0 Å². The van der Waals surface area contributed by atoms with Crippen LogP contribution in [0.3, 0.4) is 0 Å². The zero-order valence-corrected chi connectivity index (χ0v) is 17.8. The number of carboxylic acid groups (broad SMARTS) is 1. The third-order valence-corrected chi connectivity index (χ3v) is 6.27. The second-order valence-corrected chi connectivity index (χ2v) is 8.77. The Morgan fingerprint density at radius 1 is 1.22 bits per heavy atom. The maximum absolute atomic E-state index is 10.5. The standard InChI is InChI=1S/C23H42O4/c1-4-5-11-18(2)21(23(3,26)27)17-16-20-14-10-13-19(20)12-8-6-7-9-15-22(24)25/h16,18-19,21,26-27H,4-15,17H2,1-3H3,(H,24,25)/t18?,19-,21?/m0/s1. The summed E-state index contributed by atoms with van der Waals surface area (Å²) in [5.41, 5.74) is 1.51. The fourth-order valence-electron chi connectivity index (χ4n) is 4.56. The van der Waals surface area contributed by atoms with Crippen LogP contribution in [0.15, 0.2) is 11.6 Å². The molecule has 2 unspecified atom stereocenters. The molecule has 3 N–H and O–H groups in total. The van der Waals surface area contributed by atoms with E-state index >= 15 is 0 Å². The molecule has 0 aliphatic heterocycles. The normalized spacial score (nSPS) is 21.5. The van der Waals surface area contributed by atoms with E-state index in [1.807, 2.05) is 0 Å². The van der Waals surface area contributed by atoms with Crippen molar-refractivity contribution in [2.24, 2.45) is 17.8 Å². The highest BCUT2D eigenvalue weighted by molar-refractivity contribution is 5.66. The second-order valence-electron chi connectivity index (χ2n) is 8.77. The summed E-state index contributed by atoms with van der Waals surface area (Å²) in [6.07, 6.45) is 15.5. The minimum atomic E-state index is -1.62. The van der Waals surface area contributed by atoms with Gasteiger partial charge in [-0.1, -0.05) is 64.0 Å². The van der Waals surface area contributed by atoms with E-state index in [2.05, 4.69) is 19.9 Å². The Labute approximate surface area is 166 Å². The van der Waals surface area contributed by atoms with Gasteiger partial charge in [-0.2, -0.15) is 0 Å². The lowest BCUT2D eigenvalue weighted by Crippen LogP contribution is -2.38. The Morgan fingerprint density at radius 2 is 1.93 bits per heavy atom. The monoisotopic (exact) mass is 382 g/mol. The van der Waals surface area contributed by atoms with Gasteiger partial charge in [0.15, 0.2) is 5.79 Å². The molecule has 3 atom stereocenters. The van der Waals surface area contributed by atoms with E-state index in [9.17, 15) is 15.0 Å². The molecule has 0 bridgehead atoms. The first-order valence-corrected chi connectivity index (χ1v) is 11.1. The Bertz CT molecular complexity index is 450. The lowest BCUT2D eigenvalue weighted by molar-refractivity contribution is -0.196. The van der Waals surface area contributed by atoms with E-state index in [1.165, 1.54) is 31.8 Å². The largest absolute Gasteiger partial charge is 0.481 e. The van der Waals surface area contributed by atoms with Crippen molar-refractivity contribution in [3.8, 4) is 0 Å². The minimum Gasteiger partial charge on any atom is -0.481 e. The average Bonchev–Trinajstić information content (AvgIpc) is 3.02. The number of carbonyl (C=O) groups is 1. The van der Waals surface area contributed by atoms with Gasteiger partial charge in [-0.15, -0.1) is 0 Å². The van der Waals surface area contributed by atoms with Gasteiger partial charge in [0.25, 0.3) is 0 Å². The Kier molecular flexibility index (Phi) is 11.2. The summed E-state index contributed by atoms with van der Waals surface area (Å²) < 4.78 is 0. The Morgan fingerprint density at radius 3 is 2.56 bits per heavy atom. The molecule has 0 aromatic carbocycles. The topological polar surface area (TPSA) is 77.8 Å². The van der Waals surface area contributed by atoms with Crippen LogP contribution in [-0.4, -0.2) is 27.1 Å². The Hall–Kier alpha value is -0.870. The van der Waals surface area contributed by atoms with Crippen LogP contribution >= 0.6 is 0 Å². The van der Waals surface area contributed by atoms with E-state index < -0.39 is 11.8 Å². The van der Waals surface area contributed by atoms with Crippen LogP contribution in [-0.2, 0) is 4.79 Å². The highest BCUT2D eigenvalue weighted by Crippen LogP contribution is 2.37. The summed E-state index contributed by atoms with van der Waals surface area (Å²) in [5.74, 6) is -1.49. The molecule has 0 aromatic rings. The zero-order chi connectivity index (χ0) is 20.3. The number of unbranched alkanes of at least 4 members (excludes halogenated alkanes) is 4. The first kappa shape index (κ1) is 24.2. The molecule has 1 saturated carbocycles. The van der Waals surface area contributed by atoms with Crippen molar-refractivity contribution in [3.63, 3.8) is 0 Å². The van der Waals surface area contributed by atoms with Crippen LogP contribution in [0, 0.1) is 17.8 Å². The molecule has 1 rings (SSSR count). The van der Waals surface area contributed by atoms with Crippen LogP contribution in [0.2, 0.25) is 0 Å². The first-order chi connectivity index (χ1) is 12.8. The number of hydrogen-bond acceptors (Lipinski definition) is 3. The number of aliphatic carboxylic acids is 1. The predicted molar refractivity (Wildman–Crippen MR) is 110 cm³/mol. The smallest absolute Gasteiger partial charge is 0.303 e. The fourth-order valence-corrected chi connectivity index (χ4v) is 4.56. The highest BCUT2D eigenvalue weighted by Gasteiger charge is 2.33. The molecule has 0 aromatic heterocycles. The SMILES string of the molecule is CCCCC(C)C(CC=C1CCC[C@@H]1CCCCCCC(=O)O)C(C)(O)O. The molecular weight excluding hydrogens is 340 g/mol. The molecular formula is C23H42O4. The molecule has 1 aliphatic carbocycles. The molecule has 27 heavy (non-hydrogen) atoms. The van der Waals surface area contributed by atoms with Gasteiger partial charge in [0.05, 0.1) is 0 Å². The molecule has 1 aliphatic rings. The van der Waals surface area contributed by atoms with Crippen molar-refractivity contribution in [2.75, 3.05) is 0 Å². The quantitative estimate of drug-likeness (QED) is 0.205. The molecule has 4 heteroatoms. The van der Waals surface area contributed by atoms with Gasteiger partial charge in [-0.3, -0.25) is 4.79 Å². The number of carboxylic acids is 1. The first-order valence-electron chi connectivity index (χ1n) is 11.1. The molecule has 1 fully saturated rings. The third-order valence-electron chi connectivity index (χ3n) is 6.27. The van der Waals surface area contributed by atoms with E-state index in [1.54, 1.807) is 0 Å². The van der Waals surface area contributed by atoms with E-state index in [0.717, 1.165) is 57.8 Å². The van der Waals surface area contributed by atoms with Gasteiger partial charge in [-0.05, 0) is 57.3 Å². The van der Waals surface area contributed by atoms with E-state index in [0.29, 0.717) is 11.8 Å². The van der Waals surface area contributed by atoms with E-state index in [4.69, 9.17) is 5.11 Å². The summed E-state index contributed by atoms with van der Waals surface area (Å²) >= 11 is 0. The molecule has 0 radical (unpaired) electrons. The Balaban J connectivity index is 2.49. The lowest BCUT2D eigenvalue weighted by atomic mass is 9.80. The fraction of sp³-hybridized carbons (Fsp3) is 0.870. The van der Waals surface area contributed by atoms with Crippen LogP contribution in [0.1, 0.15) is 104 Å². The molecule has 0 saturated heterocycles. The van der Waals surface area contributed by atoms with Crippen molar-refractivity contribution in [3.05, 3.63) is 11.6 Å². The van der Waals surface area contributed by atoms with Crippen LogP contribution in [0.4, 0.5) is 0 Å². The summed E-state index contributed by atoms with van der Waals surface area (Å²) in [6, 6.07) is 0. The lowest BCUT2D eigenvalue weighted by Gasteiger charge is -2.32. The summed E-state index contributed by atoms with van der Waals surface area (Å²) in [4.78, 5) is 10.5. The number of aliphatic hydroxyl groups is 2. The van der Waals surface area contributed by atoms with Crippen LogP contribution in [0.5, 0.6) is 0 Å². The number of rotatable bonds is 14. The van der Waals surface area contributed by atoms with Gasteiger partial charge < -0.3 is 15.3 Å². The predicted octanol–water partition coefficient (Wildman–Crippen LogP) is 5.67. The van der Waals surface area contributed by atoms with Crippen LogP contribution < -0.4 is 0 Å². The molecule has 0 heterocycles. The summed E-state index contributed by atoms with van der Waals surface area (Å²) in [6.45, 7) is 5.85. The maximum atomic E-state index is 10.5. The van der Waals surface area contributed by atoms with Crippen molar-refractivity contribution in [2.45, 2.75) is 110 Å². The van der Waals surface area contributed by atoms with Gasteiger partial charge in [0.2, 0.25) is 0 Å². The van der Waals surface area contributed by atoms with Crippen molar-refractivity contribution in [1.29, 1.82) is 0 Å². The number of allylic oxidation sites excluding steroid dienone is 2. The van der Waals surface area contributed by atoms with Crippen LogP contribution in [0.25, 0.3) is 0 Å². The number of hydrogen-bond donors (Lipinski definition) is 3. The van der Waals surface area contributed by atoms with Gasteiger partial charge >= 0.3 is 5.97 Å². The average molecular weight is 383 g/mol. The zero-order valence-electron chi connectivity index (χ0n) is 17.8. The molecule has 0 spiro atoms. The second kappa shape index (κ2) is 12.6. The van der Waals surface area contributed by atoms with Crippen molar-refractivity contribution in [1.82, 2.24) is 0 Å². The molecule has 0 amide bonds. The van der Waals surface area contributed by atoms with Crippen molar-refractivity contribution < 1.29 is 20.1 Å². The summed E-state index contributed by atoms with van der Waals surface area (Å²) in [7, 11) is 0. The van der Waals surface area contributed by atoms with Crippen molar-refractivity contribution >= 4 is 5.97 Å². The van der Waals surface area contributed by atoms with Gasteiger partial charge in [-0.25, -0.2) is 0 Å². The minimum absolute atomic E-state index is 0.117. The highest BCUT2D eigenvalue weighted by atomic mass is 16.5.